The number of fused-ring (bicyclic) bond motifs is 1. The average molecular weight is 250 g/mol. The monoisotopic (exact) mass is 250 g/mol. The molecule has 0 aliphatic carbocycles. The third-order valence-corrected chi connectivity index (χ3v) is 2.12. The van der Waals surface area contributed by atoms with E-state index in [1.807, 2.05) is 0 Å². The molecule has 2 aromatic heterocycles. The second-order valence-electron chi connectivity index (χ2n) is 3.33. The largest absolute Gasteiger partial charge is 0.369 e. The minimum absolute atomic E-state index is 0.0170. The number of anilines is 1. The smallest absolute Gasteiger partial charge is 0.280 e. The molecule has 3 N–H and O–H groups in total. The molecule has 0 aromatic carbocycles. The Hall–Kier alpha value is -2.58. The predicted octanol–water partition coefficient (Wildman–Crippen LogP) is -0.0138. The molecular weight excluding hydrogens is 240 g/mol. The van der Waals surface area contributed by atoms with Crippen LogP contribution in [0.4, 0.5) is 5.95 Å². The number of aromatic amines is 1. The van der Waals surface area contributed by atoms with Crippen molar-refractivity contribution < 1.29 is 4.74 Å². The van der Waals surface area contributed by atoms with Gasteiger partial charge in [-0.1, -0.05) is 5.11 Å². The lowest BCUT2D eigenvalue weighted by atomic mass is 10.5. The normalized spacial score (nSPS) is 10.4. The van der Waals surface area contributed by atoms with Crippen molar-refractivity contribution >= 4 is 17.1 Å². The van der Waals surface area contributed by atoms with Gasteiger partial charge < -0.3 is 10.5 Å². The van der Waals surface area contributed by atoms with Crippen molar-refractivity contribution in [2.75, 3.05) is 18.9 Å². The van der Waals surface area contributed by atoms with E-state index >= 15 is 0 Å². The molecule has 2 rings (SSSR count). The highest BCUT2D eigenvalue weighted by atomic mass is 16.5. The highest BCUT2D eigenvalue weighted by Crippen LogP contribution is 2.06. The van der Waals surface area contributed by atoms with E-state index < -0.39 is 5.56 Å². The number of ether oxygens (including phenoxy) is 1. The number of H-pyrrole nitrogens is 1. The molecule has 2 heterocycles. The fourth-order valence-electron chi connectivity index (χ4n) is 1.38. The topological polar surface area (TPSA) is 148 Å². The molecule has 0 unspecified atom stereocenters. The Labute approximate surface area is 100 Å². The van der Waals surface area contributed by atoms with Gasteiger partial charge in [-0.05, 0) is 5.53 Å². The van der Waals surface area contributed by atoms with Gasteiger partial charge in [-0.3, -0.25) is 14.3 Å². The molecule has 94 valence electrons. The number of nitrogens with two attached hydrogens (primary N) is 1. The molecule has 0 atom stereocenters. The lowest BCUT2D eigenvalue weighted by molar-refractivity contribution is 0.0854. The van der Waals surface area contributed by atoms with Crippen molar-refractivity contribution in [1.82, 2.24) is 19.5 Å². The summed E-state index contributed by atoms with van der Waals surface area (Å²) in [6, 6.07) is 0. The highest BCUT2D eigenvalue weighted by molar-refractivity contribution is 5.70. The van der Waals surface area contributed by atoms with Crippen LogP contribution in [0.1, 0.15) is 0 Å². The number of aromatic nitrogens is 4. The summed E-state index contributed by atoms with van der Waals surface area (Å²) in [6.45, 7) is 0.648. The van der Waals surface area contributed by atoms with Gasteiger partial charge in [0, 0.05) is 11.5 Å². The second-order valence-corrected chi connectivity index (χ2v) is 3.33. The van der Waals surface area contributed by atoms with Gasteiger partial charge in [-0.25, -0.2) is 4.98 Å². The maximum Gasteiger partial charge on any atom is 0.280 e. The van der Waals surface area contributed by atoms with Gasteiger partial charge in [0.1, 0.15) is 6.73 Å². The van der Waals surface area contributed by atoms with Gasteiger partial charge in [-0.2, -0.15) is 4.98 Å². The van der Waals surface area contributed by atoms with E-state index in [9.17, 15) is 4.79 Å². The molecule has 0 spiro atoms. The molecule has 0 radical (unpaired) electrons. The SMILES string of the molecule is [N-]=[N+]=NCCOCn1cnc2c(=O)[nH]c(N)nc21. The van der Waals surface area contributed by atoms with Crippen LogP contribution in [0.5, 0.6) is 0 Å². The molecule has 0 amide bonds. The second kappa shape index (κ2) is 5.17. The average Bonchev–Trinajstić information content (AvgIpc) is 2.72. The first kappa shape index (κ1) is 11.9. The molecule has 0 aliphatic rings. The molecule has 0 saturated heterocycles. The third kappa shape index (κ3) is 2.39. The maximum absolute atomic E-state index is 11.5. The minimum atomic E-state index is -0.398. The number of hydrogen-bond acceptors (Lipinski definition) is 6. The van der Waals surface area contributed by atoms with Gasteiger partial charge in [0.2, 0.25) is 5.95 Å². The van der Waals surface area contributed by atoms with Crippen molar-refractivity contribution in [3.8, 4) is 0 Å². The number of nitrogen functional groups attached to an aromatic ring is 1. The number of nitrogens with one attached hydrogen (secondary N) is 1. The summed E-state index contributed by atoms with van der Waals surface area (Å²) < 4.78 is 6.77. The van der Waals surface area contributed by atoms with Crippen LogP contribution in [0, 0.1) is 0 Å². The lowest BCUT2D eigenvalue weighted by Gasteiger charge is -2.03. The van der Waals surface area contributed by atoms with Crippen LogP contribution < -0.4 is 11.3 Å². The quantitative estimate of drug-likeness (QED) is 0.331. The molecule has 10 heteroatoms. The number of hydrogen-bond donors (Lipinski definition) is 2. The molecule has 0 bridgehead atoms. The first-order valence-corrected chi connectivity index (χ1v) is 5.01. The zero-order valence-corrected chi connectivity index (χ0v) is 9.28. The van der Waals surface area contributed by atoms with Gasteiger partial charge >= 0.3 is 0 Å². The summed E-state index contributed by atoms with van der Waals surface area (Å²) in [4.78, 5) is 24.3. The molecule has 0 saturated carbocycles. The van der Waals surface area contributed by atoms with Crippen LogP contribution in [-0.2, 0) is 11.5 Å². The number of rotatable bonds is 5. The highest BCUT2D eigenvalue weighted by Gasteiger charge is 2.08. The van der Waals surface area contributed by atoms with E-state index in [0.717, 1.165) is 0 Å². The zero-order valence-electron chi connectivity index (χ0n) is 9.28. The fraction of sp³-hybridized carbons (Fsp3) is 0.375. The van der Waals surface area contributed by atoms with Crippen molar-refractivity contribution in [3.63, 3.8) is 0 Å². The lowest BCUT2D eigenvalue weighted by Crippen LogP contribution is -2.13. The minimum Gasteiger partial charge on any atom is -0.369 e. The van der Waals surface area contributed by atoms with Crippen LogP contribution >= 0.6 is 0 Å². The van der Waals surface area contributed by atoms with Crippen molar-refractivity contribution in [2.45, 2.75) is 6.73 Å². The summed E-state index contributed by atoms with van der Waals surface area (Å²) in [5, 5.41) is 3.32. The Balaban J connectivity index is 2.14. The van der Waals surface area contributed by atoms with Crippen molar-refractivity contribution in [2.24, 2.45) is 5.11 Å². The van der Waals surface area contributed by atoms with Gasteiger partial charge in [0.05, 0.1) is 12.9 Å². The van der Waals surface area contributed by atoms with Crippen molar-refractivity contribution in [3.05, 3.63) is 27.1 Å². The maximum atomic E-state index is 11.5. The summed E-state index contributed by atoms with van der Waals surface area (Å²) in [5.74, 6) is 0.0170. The molecule has 2 aromatic rings. The van der Waals surface area contributed by atoms with Crippen LogP contribution in [0.2, 0.25) is 0 Å². The van der Waals surface area contributed by atoms with Crippen LogP contribution in [-0.4, -0.2) is 32.7 Å². The van der Waals surface area contributed by atoms with E-state index in [1.165, 1.54) is 10.9 Å². The third-order valence-electron chi connectivity index (χ3n) is 2.12. The molecule has 0 aliphatic heterocycles. The number of azide groups is 1. The van der Waals surface area contributed by atoms with E-state index in [4.69, 9.17) is 16.0 Å². The standard InChI is InChI=1S/C8H10N8O2/c9-8-13-6-5(7(17)14-8)11-3-16(6)4-18-2-1-12-15-10/h3H,1-2,4H2,(H3,9,13,14,17). The van der Waals surface area contributed by atoms with Crippen molar-refractivity contribution in [1.29, 1.82) is 0 Å². The molecule has 10 nitrogen and oxygen atoms in total. The van der Waals surface area contributed by atoms with E-state index in [1.54, 1.807) is 0 Å². The molecular formula is C8H10N8O2. The van der Waals surface area contributed by atoms with Gasteiger partial charge in [0.25, 0.3) is 5.56 Å². The summed E-state index contributed by atoms with van der Waals surface area (Å²) >= 11 is 0. The number of imidazole rings is 1. The molecule has 0 fully saturated rings. The van der Waals surface area contributed by atoms with E-state index in [-0.39, 0.29) is 31.3 Å². The number of nitrogens with zero attached hydrogens (tertiary/aromatic N) is 6. The Morgan fingerprint density at radius 2 is 2.50 bits per heavy atom. The van der Waals surface area contributed by atoms with Crippen LogP contribution in [0.25, 0.3) is 21.6 Å². The van der Waals surface area contributed by atoms with Gasteiger partial charge in [0.15, 0.2) is 11.2 Å². The zero-order chi connectivity index (χ0) is 13.0. The Morgan fingerprint density at radius 3 is 3.28 bits per heavy atom. The predicted molar refractivity (Wildman–Crippen MR) is 62.5 cm³/mol. The first-order chi connectivity index (χ1) is 8.72. The van der Waals surface area contributed by atoms with E-state index in [2.05, 4.69) is 25.0 Å². The summed E-state index contributed by atoms with van der Waals surface area (Å²) in [7, 11) is 0. The summed E-state index contributed by atoms with van der Waals surface area (Å²) in [5.41, 5.74) is 13.7. The van der Waals surface area contributed by atoms with E-state index in [0.29, 0.717) is 5.65 Å². The Morgan fingerprint density at radius 1 is 1.67 bits per heavy atom. The first-order valence-electron chi connectivity index (χ1n) is 5.01. The van der Waals surface area contributed by atoms with Crippen LogP contribution in [0.15, 0.2) is 16.2 Å². The molecule has 18 heavy (non-hydrogen) atoms. The summed E-state index contributed by atoms with van der Waals surface area (Å²) in [6.07, 6.45) is 1.43. The Kier molecular flexibility index (Phi) is 3.41. The Bertz CT molecular complexity index is 653. The van der Waals surface area contributed by atoms with Crippen LogP contribution in [0.3, 0.4) is 0 Å². The van der Waals surface area contributed by atoms with Gasteiger partial charge in [-0.15, -0.1) is 0 Å². The fourth-order valence-corrected chi connectivity index (χ4v) is 1.38.